The van der Waals surface area contributed by atoms with Gasteiger partial charge in [0, 0.05) is 0 Å². The second kappa shape index (κ2) is 43.9. The number of aliphatic hydroxyl groups excluding tert-OH is 40. The van der Waals surface area contributed by atoms with Crippen LogP contribution in [0.3, 0.4) is 0 Å². The molecule has 8 saturated heterocycles. The Morgan fingerprint density at radius 1 is 0.167 bits per heavy atom. The van der Waals surface area contributed by atoms with E-state index < -0.39 is 299 Å². The van der Waals surface area contributed by atoms with Gasteiger partial charge in [-0.2, -0.15) is 0 Å². The summed E-state index contributed by atoms with van der Waals surface area (Å²) in [6.45, 7) is -4.49. The van der Waals surface area contributed by atoms with Crippen LogP contribution in [0.1, 0.15) is 0 Å². The van der Waals surface area contributed by atoms with Gasteiger partial charge in [0.15, 0.2) is 50.3 Å². The molecular weight excluding hydrogens is 1340 g/mol. The van der Waals surface area contributed by atoms with E-state index in [4.69, 9.17) is 204 Å². The summed E-state index contributed by atoms with van der Waals surface area (Å²) in [5, 5.41) is 356. The van der Waals surface area contributed by atoms with Crippen molar-refractivity contribution in [2.45, 2.75) is 246 Å². The third-order valence-electron chi connectivity index (χ3n) is 14.8. The molecule has 48 heteroatoms. The van der Waals surface area contributed by atoms with E-state index >= 15 is 0 Å². The fraction of sp³-hybridized carbons (Fsp3) is 1.00. The zero-order chi connectivity index (χ0) is 74.4. The van der Waals surface area contributed by atoms with Gasteiger partial charge >= 0.3 is 0 Å². The second-order valence-electron chi connectivity index (χ2n) is 21.8. The predicted octanol–water partition coefficient (Wildman–Crippen LogP) is -25.8. The van der Waals surface area contributed by atoms with Crippen molar-refractivity contribution in [2.75, 3.05) is 52.9 Å². The lowest BCUT2D eigenvalue weighted by atomic mass is 10.00. The predicted molar refractivity (Wildman–Crippen MR) is 288 cm³/mol. The molecule has 0 aliphatic carbocycles. The quantitative estimate of drug-likeness (QED) is 0.0863. The summed E-state index contributed by atoms with van der Waals surface area (Å²) in [4.78, 5) is 0. The van der Waals surface area contributed by atoms with E-state index in [1.165, 1.54) is 0 Å². The molecule has 8 aliphatic heterocycles. The lowest BCUT2D eigenvalue weighted by molar-refractivity contribution is -0.286. The number of hydrogen-bond acceptors (Lipinski definition) is 48. The van der Waals surface area contributed by atoms with Gasteiger partial charge in [0.2, 0.25) is 0 Å². The lowest BCUT2D eigenvalue weighted by Crippen LogP contribution is -2.58. The van der Waals surface area contributed by atoms with Gasteiger partial charge in [-0.3, -0.25) is 0 Å². The fourth-order valence-corrected chi connectivity index (χ4v) is 8.76. The van der Waals surface area contributed by atoms with Crippen molar-refractivity contribution < 1.29 is 242 Å². The van der Waals surface area contributed by atoms with Crippen LogP contribution in [0.25, 0.3) is 0 Å². The standard InChI is InChI=1S/8C6H12O6/c4*7-1-2(8)5-3(9)4(10)6(11)12-5;4*7-1-2-3(8)4(9)5(10)6(11)12-2/h8*2-11H,1H2/t2-,3-,4+,5+,6+;2-,3-,4+,5+,6-;2-,3-,4-,5+,6+;2-,3-,4-,5+,6-;2*2?,3-,4-,5?,6+;2*2?,3-,4-,5?,6-/m11110000/s1. The number of ether oxygens (including phenoxy) is 8. The Labute approximate surface area is 540 Å². The summed E-state index contributed by atoms with van der Waals surface area (Å²) in [6, 6.07) is 0. The van der Waals surface area contributed by atoms with Crippen LogP contribution in [0.2, 0.25) is 0 Å². The molecule has 0 aromatic heterocycles. The molecule has 8 aliphatic rings. The molecule has 8 rings (SSSR count). The van der Waals surface area contributed by atoms with Crippen LogP contribution in [-0.2, 0) is 37.9 Å². The third-order valence-corrected chi connectivity index (χ3v) is 14.8. The molecule has 0 bridgehead atoms. The Morgan fingerprint density at radius 3 is 0.396 bits per heavy atom. The van der Waals surface area contributed by atoms with Crippen LogP contribution in [0.5, 0.6) is 0 Å². The highest BCUT2D eigenvalue weighted by Crippen LogP contribution is 2.27. The average Bonchev–Trinajstić information content (AvgIpc) is 1.87. The Morgan fingerprint density at radius 2 is 0.292 bits per heavy atom. The van der Waals surface area contributed by atoms with Gasteiger partial charge < -0.3 is 242 Å². The summed E-state index contributed by atoms with van der Waals surface area (Å²) < 4.78 is 36.6. The van der Waals surface area contributed by atoms with Crippen molar-refractivity contribution in [3.63, 3.8) is 0 Å². The summed E-state index contributed by atoms with van der Waals surface area (Å²) in [7, 11) is 0. The maximum atomic E-state index is 9.12. The Kier molecular flexibility index (Phi) is 42.1. The highest BCUT2D eigenvalue weighted by Gasteiger charge is 2.50. The maximum absolute atomic E-state index is 9.12. The van der Waals surface area contributed by atoms with Gasteiger partial charge in [0.25, 0.3) is 0 Å². The van der Waals surface area contributed by atoms with Gasteiger partial charge in [-0.05, 0) is 0 Å². The van der Waals surface area contributed by atoms with E-state index in [2.05, 4.69) is 37.9 Å². The Bertz CT molecular complexity index is 1730. The summed E-state index contributed by atoms with van der Waals surface area (Å²) in [6.07, 6.45) is -55.2. The molecule has 40 atom stereocenters. The lowest BCUT2D eigenvalue weighted by Gasteiger charge is -2.37. The second-order valence-corrected chi connectivity index (χ2v) is 21.8. The Hall–Kier alpha value is -1.92. The smallest absolute Gasteiger partial charge is 0.184 e. The molecule has 8 heterocycles. The molecule has 40 N–H and O–H groups in total. The molecule has 0 aromatic rings. The molecular formula is C48H96O48. The first-order chi connectivity index (χ1) is 44.6. The van der Waals surface area contributed by atoms with Crippen LogP contribution in [0.4, 0.5) is 0 Å². The van der Waals surface area contributed by atoms with Crippen molar-refractivity contribution in [1.29, 1.82) is 0 Å². The van der Waals surface area contributed by atoms with Crippen molar-refractivity contribution >= 4 is 0 Å². The van der Waals surface area contributed by atoms with Crippen LogP contribution in [0.15, 0.2) is 0 Å². The molecule has 0 saturated carbocycles. The van der Waals surface area contributed by atoms with Gasteiger partial charge in [-0.25, -0.2) is 0 Å². The minimum absolute atomic E-state index is 0.526. The van der Waals surface area contributed by atoms with Crippen molar-refractivity contribution in [2.24, 2.45) is 0 Å². The molecule has 96 heavy (non-hydrogen) atoms. The Balaban J connectivity index is 0.000000549. The van der Waals surface area contributed by atoms with Gasteiger partial charge in [0.1, 0.15) is 195 Å². The molecule has 0 aromatic carbocycles. The largest absolute Gasteiger partial charge is 0.394 e. The third kappa shape index (κ3) is 25.2. The first-order valence-electron chi connectivity index (χ1n) is 28.5. The molecule has 0 spiro atoms. The molecule has 0 radical (unpaired) electrons. The average molecular weight is 1440 g/mol. The highest BCUT2D eigenvalue weighted by molar-refractivity contribution is 4.94. The van der Waals surface area contributed by atoms with E-state index in [0.717, 1.165) is 0 Å². The van der Waals surface area contributed by atoms with E-state index in [1.807, 2.05) is 0 Å². The highest BCUT2D eigenvalue weighted by atomic mass is 16.7. The summed E-state index contributed by atoms with van der Waals surface area (Å²) in [5.74, 6) is 0. The zero-order valence-electron chi connectivity index (χ0n) is 49.9. The number of hydrogen-bond donors (Lipinski definition) is 40. The molecule has 8 fully saturated rings. The van der Waals surface area contributed by atoms with E-state index in [1.54, 1.807) is 0 Å². The number of rotatable bonds is 12. The normalized spacial score (nSPS) is 47.0. The van der Waals surface area contributed by atoms with Crippen LogP contribution in [0, 0.1) is 0 Å². The zero-order valence-corrected chi connectivity index (χ0v) is 49.9. The molecule has 48 nitrogen and oxygen atoms in total. The van der Waals surface area contributed by atoms with E-state index in [0.29, 0.717) is 0 Å². The van der Waals surface area contributed by atoms with E-state index in [9.17, 15) is 0 Å². The first kappa shape index (κ1) is 92.1. The van der Waals surface area contributed by atoms with Crippen LogP contribution in [-0.4, -0.2) is 503 Å². The van der Waals surface area contributed by atoms with Crippen LogP contribution < -0.4 is 0 Å². The van der Waals surface area contributed by atoms with Crippen molar-refractivity contribution in [3.8, 4) is 0 Å². The monoisotopic (exact) mass is 1440 g/mol. The topological polar surface area (TPSA) is 883 Å². The molecule has 8 unspecified atom stereocenters. The fourth-order valence-electron chi connectivity index (χ4n) is 8.76. The van der Waals surface area contributed by atoms with Crippen LogP contribution >= 0.6 is 0 Å². The van der Waals surface area contributed by atoms with Gasteiger partial charge in [-0.1, -0.05) is 0 Å². The van der Waals surface area contributed by atoms with Crippen molar-refractivity contribution in [3.05, 3.63) is 0 Å². The summed E-state index contributed by atoms with van der Waals surface area (Å²) in [5.41, 5.74) is 0. The minimum Gasteiger partial charge on any atom is -0.394 e. The van der Waals surface area contributed by atoms with E-state index in [-0.39, 0.29) is 0 Å². The first-order valence-corrected chi connectivity index (χ1v) is 28.5. The summed E-state index contributed by atoms with van der Waals surface area (Å²) >= 11 is 0. The number of aliphatic hydroxyl groups is 40. The van der Waals surface area contributed by atoms with Crippen molar-refractivity contribution in [1.82, 2.24) is 0 Å². The molecule has 0 amide bonds. The SMILES string of the molecule is OCC1O[C@@H](O)C(O)[C@@H](O)[C@H]1O.OCC1O[C@@H](O)C(O)[C@@H](O)[C@H]1O.OCC1O[C@H](O)C(O)[C@@H](O)[C@H]1O.OCC1O[C@H](O)C(O)[C@@H](O)[C@H]1O.OC[C@@H](O)[C@@H]1O[C@@H](O)[C@@H](O)[C@H]1O.OC[C@@H](O)[C@@H]1O[C@@H](O)[C@H](O)[C@H]1O.OC[C@@H](O)[C@@H]1O[C@H](O)[C@@H](O)[C@H]1O.OC[C@@H](O)[C@@H]1O[C@H](O)[C@H](O)[C@H]1O. The van der Waals surface area contributed by atoms with Gasteiger partial charge in [0.05, 0.1) is 52.9 Å². The molecule has 576 valence electrons. The minimum atomic E-state index is -1.57. The van der Waals surface area contributed by atoms with Gasteiger partial charge in [-0.15, -0.1) is 0 Å². The maximum Gasteiger partial charge on any atom is 0.184 e.